The molecular formula is C8H18N2O2. The van der Waals surface area contributed by atoms with E-state index in [1.165, 1.54) is 0 Å². The maximum Gasteiger partial charge on any atom is 0.309 e. The van der Waals surface area contributed by atoms with Crippen molar-refractivity contribution in [2.75, 3.05) is 6.61 Å². The average molecular weight is 174 g/mol. The van der Waals surface area contributed by atoms with Crippen LogP contribution >= 0.6 is 0 Å². The van der Waals surface area contributed by atoms with E-state index < -0.39 is 6.03 Å². The highest BCUT2D eigenvalue weighted by Gasteiger charge is 2.06. The minimum Gasteiger partial charge on any atom is -0.372 e. The molecule has 12 heavy (non-hydrogen) atoms. The van der Waals surface area contributed by atoms with Crippen LogP contribution in [0, 0.1) is 0 Å². The molecule has 0 aliphatic rings. The topological polar surface area (TPSA) is 78.3 Å². The van der Waals surface area contributed by atoms with E-state index in [-0.39, 0.29) is 5.60 Å². The number of hydrogen-bond acceptors (Lipinski definition) is 2. The number of rotatable bonds is 2. The van der Waals surface area contributed by atoms with E-state index >= 15 is 0 Å². The van der Waals surface area contributed by atoms with Gasteiger partial charge in [0.25, 0.3) is 0 Å². The van der Waals surface area contributed by atoms with Crippen molar-refractivity contribution >= 4 is 6.03 Å². The zero-order valence-electron chi connectivity index (χ0n) is 7.96. The molecule has 0 saturated carbocycles. The number of carbonyl (C=O) groups is 1. The molecule has 4 nitrogen and oxygen atoms in total. The minimum absolute atomic E-state index is 0.0197. The van der Waals surface area contributed by atoms with Crippen molar-refractivity contribution in [1.29, 1.82) is 0 Å². The second-order valence-electron chi connectivity index (χ2n) is 3.11. The van der Waals surface area contributed by atoms with Crippen molar-refractivity contribution in [1.82, 2.24) is 0 Å². The molecule has 0 unspecified atom stereocenters. The Kier molecular flexibility index (Phi) is 7.53. The molecular weight excluding hydrogens is 156 g/mol. The van der Waals surface area contributed by atoms with Crippen LogP contribution in [0.1, 0.15) is 20.8 Å². The molecule has 0 bridgehead atoms. The minimum atomic E-state index is -0.833. The first-order valence-electron chi connectivity index (χ1n) is 3.59. The van der Waals surface area contributed by atoms with Gasteiger partial charge in [-0.15, -0.1) is 6.58 Å². The number of primary amides is 2. The van der Waals surface area contributed by atoms with Crippen LogP contribution in [0.3, 0.4) is 0 Å². The smallest absolute Gasteiger partial charge is 0.309 e. The summed E-state index contributed by atoms with van der Waals surface area (Å²) in [6.07, 6.45) is 1.76. The number of ether oxygens (including phenoxy) is 1. The first kappa shape index (κ1) is 13.6. The lowest BCUT2D eigenvalue weighted by molar-refractivity contribution is 0.0151. The second-order valence-corrected chi connectivity index (χ2v) is 3.11. The summed E-state index contributed by atoms with van der Waals surface area (Å²) < 4.78 is 5.26. The Labute approximate surface area is 73.6 Å². The summed E-state index contributed by atoms with van der Waals surface area (Å²) in [7, 11) is 0. The normalized spacial score (nSPS) is 9.58. The monoisotopic (exact) mass is 174 g/mol. The number of hydrogen-bond donors (Lipinski definition) is 2. The largest absolute Gasteiger partial charge is 0.372 e. The zero-order chi connectivity index (χ0) is 10.2. The molecule has 0 heterocycles. The predicted octanol–water partition coefficient (Wildman–Crippen LogP) is 1.01. The van der Waals surface area contributed by atoms with Gasteiger partial charge in [0.15, 0.2) is 0 Å². The highest BCUT2D eigenvalue weighted by Crippen LogP contribution is 2.05. The van der Waals surface area contributed by atoms with E-state index in [1.54, 1.807) is 6.08 Å². The summed E-state index contributed by atoms with van der Waals surface area (Å²) in [5, 5.41) is 0. The second kappa shape index (κ2) is 6.67. The van der Waals surface area contributed by atoms with Gasteiger partial charge < -0.3 is 16.2 Å². The molecule has 4 heteroatoms. The zero-order valence-corrected chi connectivity index (χ0v) is 7.96. The van der Waals surface area contributed by atoms with E-state index in [0.717, 1.165) is 0 Å². The fourth-order valence-corrected chi connectivity index (χ4v) is 0.309. The molecule has 0 spiro atoms. The highest BCUT2D eigenvalue weighted by atomic mass is 16.5. The molecule has 0 aliphatic heterocycles. The van der Waals surface area contributed by atoms with Gasteiger partial charge in [-0.25, -0.2) is 4.79 Å². The van der Waals surface area contributed by atoms with Crippen molar-refractivity contribution in [2.45, 2.75) is 26.4 Å². The lowest BCUT2D eigenvalue weighted by Crippen LogP contribution is -2.18. The Morgan fingerprint density at radius 3 is 1.92 bits per heavy atom. The number of nitrogens with two attached hydrogens (primary N) is 2. The van der Waals surface area contributed by atoms with Gasteiger partial charge in [0.05, 0.1) is 12.2 Å². The lowest BCUT2D eigenvalue weighted by Gasteiger charge is -2.17. The number of carbonyl (C=O) groups excluding carboxylic acids is 1. The maximum atomic E-state index is 9.00. The van der Waals surface area contributed by atoms with Crippen LogP contribution in [0.4, 0.5) is 4.79 Å². The molecule has 0 aliphatic carbocycles. The predicted molar refractivity (Wildman–Crippen MR) is 49.7 cm³/mol. The fourth-order valence-electron chi connectivity index (χ4n) is 0.309. The van der Waals surface area contributed by atoms with Crippen LogP contribution in [0.5, 0.6) is 0 Å². The summed E-state index contributed by atoms with van der Waals surface area (Å²) in [4.78, 5) is 9.00. The molecule has 0 aromatic carbocycles. The van der Waals surface area contributed by atoms with Crippen LogP contribution in [0.15, 0.2) is 12.7 Å². The Morgan fingerprint density at radius 1 is 1.50 bits per heavy atom. The quantitative estimate of drug-likeness (QED) is 0.613. The van der Waals surface area contributed by atoms with Crippen LogP contribution in [0.25, 0.3) is 0 Å². The molecule has 0 radical (unpaired) electrons. The van der Waals surface area contributed by atoms with Crippen LogP contribution in [-0.2, 0) is 4.74 Å². The van der Waals surface area contributed by atoms with E-state index in [9.17, 15) is 0 Å². The third kappa shape index (κ3) is 36.2. The van der Waals surface area contributed by atoms with Crippen molar-refractivity contribution in [3.63, 3.8) is 0 Å². The van der Waals surface area contributed by atoms with Gasteiger partial charge in [-0.3, -0.25) is 0 Å². The molecule has 0 aromatic heterocycles. The Morgan fingerprint density at radius 2 is 1.83 bits per heavy atom. The van der Waals surface area contributed by atoms with E-state index in [1.807, 2.05) is 20.8 Å². The molecule has 0 rings (SSSR count). The van der Waals surface area contributed by atoms with Gasteiger partial charge in [-0.2, -0.15) is 0 Å². The lowest BCUT2D eigenvalue weighted by atomic mass is 10.2. The number of urea groups is 1. The molecule has 0 saturated heterocycles. The fraction of sp³-hybridized carbons (Fsp3) is 0.625. The maximum absolute atomic E-state index is 9.00. The number of amides is 2. The summed E-state index contributed by atoms with van der Waals surface area (Å²) in [5.74, 6) is 0. The van der Waals surface area contributed by atoms with Crippen LogP contribution in [-0.4, -0.2) is 18.2 Å². The average Bonchev–Trinajstić information content (AvgIpc) is 1.80. The first-order valence-corrected chi connectivity index (χ1v) is 3.59. The van der Waals surface area contributed by atoms with Crippen molar-refractivity contribution in [3.8, 4) is 0 Å². The third-order valence-corrected chi connectivity index (χ3v) is 0.634. The van der Waals surface area contributed by atoms with Gasteiger partial charge in [-0.1, -0.05) is 6.08 Å². The summed E-state index contributed by atoms with van der Waals surface area (Å²) in [6, 6.07) is -0.833. The Bertz CT molecular complexity index is 134. The highest BCUT2D eigenvalue weighted by molar-refractivity contribution is 5.69. The molecule has 0 aromatic rings. The molecule has 0 atom stereocenters. The Balaban J connectivity index is 0. The molecule has 4 N–H and O–H groups in total. The van der Waals surface area contributed by atoms with Gasteiger partial charge in [0, 0.05) is 0 Å². The first-order chi connectivity index (χ1) is 5.29. The van der Waals surface area contributed by atoms with Crippen LogP contribution in [0.2, 0.25) is 0 Å². The summed E-state index contributed by atoms with van der Waals surface area (Å²) >= 11 is 0. The van der Waals surface area contributed by atoms with Crippen molar-refractivity contribution < 1.29 is 9.53 Å². The van der Waals surface area contributed by atoms with E-state index in [4.69, 9.17) is 9.53 Å². The molecule has 72 valence electrons. The van der Waals surface area contributed by atoms with Gasteiger partial charge in [0.2, 0.25) is 0 Å². The van der Waals surface area contributed by atoms with E-state index in [2.05, 4.69) is 18.0 Å². The van der Waals surface area contributed by atoms with Gasteiger partial charge >= 0.3 is 6.03 Å². The standard InChI is InChI=1S/C7H14O.CH4N2O/c1-5-6-8-7(2,3)4;2-1(3)4/h5H,1,6H2,2-4H3;(H4,2,3,4). The van der Waals surface area contributed by atoms with Crippen molar-refractivity contribution in [3.05, 3.63) is 12.7 Å². The van der Waals surface area contributed by atoms with E-state index in [0.29, 0.717) is 6.61 Å². The Hall–Kier alpha value is -1.03. The third-order valence-electron chi connectivity index (χ3n) is 0.634. The van der Waals surface area contributed by atoms with Crippen molar-refractivity contribution in [2.24, 2.45) is 11.5 Å². The summed E-state index contributed by atoms with van der Waals surface area (Å²) in [6.45, 7) is 10.3. The summed E-state index contributed by atoms with van der Waals surface area (Å²) in [5.41, 5.74) is 8.48. The molecule has 0 fully saturated rings. The molecule has 2 amide bonds. The van der Waals surface area contributed by atoms with Gasteiger partial charge in [-0.05, 0) is 20.8 Å². The van der Waals surface area contributed by atoms with Gasteiger partial charge in [0.1, 0.15) is 0 Å². The SMILES string of the molecule is C=CCOC(C)(C)C.NC(N)=O. The van der Waals surface area contributed by atoms with Crippen LogP contribution < -0.4 is 11.5 Å².